The summed E-state index contributed by atoms with van der Waals surface area (Å²) in [5, 5.41) is 2.82. The van der Waals surface area contributed by atoms with Crippen molar-refractivity contribution >= 4 is 0 Å². The SMILES string of the molecule is Fc1cc(F)c(C[C@H]2CN2)c(F)c1F. The minimum Gasteiger partial charge on any atom is -0.311 e. The maximum atomic E-state index is 13.0. The maximum Gasteiger partial charge on any atom is 0.194 e. The van der Waals surface area contributed by atoms with E-state index in [2.05, 4.69) is 5.32 Å². The lowest BCUT2D eigenvalue weighted by molar-refractivity contribution is 0.424. The van der Waals surface area contributed by atoms with Crippen LogP contribution in [0.15, 0.2) is 6.07 Å². The summed E-state index contributed by atoms with van der Waals surface area (Å²) in [6.07, 6.45) is 0.0505. The van der Waals surface area contributed by atoms with Crippen molar-refractivity contribution in [2.45, 2.75) is 12.5 Å². The molecule has 1 aromatic rings. The molecule has 1 heterocycles. The van der Waals surface area contributed by atoms with Gasteiger partial charge < -0.3 is 5.32 Å². The standard InChI is InChI=1S/C9H7F4N/c10-6-2-7(11)9(13)8(12)5(6)1-4-3-14-4/h2,4,14H,1,3H2/t4-/m0/s1. The molecular weight excluding hydrogens is 198 g/mol. The zero-order valence-electron chi connectivity index (χ0n) is 7.08. The summed E-state index contributed by atoms with van der Waals surface area (Å²) < 4.78 is 51.2. The van der Waals surface area contributed by atoms with Crippen molar-refractivity contribution in [2.75, 3.05) is 6.54 Å². The highest BCUT2D eigenvalue weighted by Gasteiger charge is 2.26. The first-order chi connectivity index (χ1) is 6.59. The average Bonchev–Trinajstić information content (AvgIpc) is 2.92. The first-order valence-corrected chi connectivity index (χ1v) is 4.15. The first-order valence-electron chi connectivity index (χ1n) is 4.15. The molecule has 0 aromatic heterocycles. The first kappa shape index (κ1) is 9.45. The maximum absolute atomic E-state index is 13.0. The van der Waals surface area contributed by atoms with Gasteiger partial charge in [-0.05, 0) is 6.42 Å². The lowest BCUT2D eigenvalue weighted by Gasteiger charge is -2.04. The van der Waals surface area contributed by atoms with E-state index in [0.29, 0.717) is 12.6 Å². The second kappa shape index (κ2) is 3.24. The second-order valence-electron chi connectivity index (χ2n) is 3.26. The van der Waals surface area contributed by atoms with E-state index in [1.54, 1.807) is 0 Å². The molecule has 0 aliphatic carbocycles. The molecule has 1 aromatic carbocycles. The fourth-order valence-corrected chi connectivity index (χ4v) is 1.27. The summed E-state index contributed by atoms with van der Waals surface area (Å²) in [7, 11) is 0. The van der Waals surface area contributed by atoms with Crippen LogP contribution in [0, 0.1) is 23.3 Å². The van der Waals surface area contributed by atoms with E-state index in [-0.39, 0.29) is 18.0 Å². The lowest BCUT2D eigenvalue weighted by Crippen LogP contribution is -2.06. The van der Waals surface area contributed by atoms with Crippen LogP contribution in [0.2, 0.25) is 0 Å². The number of hydrogen-bond donors (Lipinski definition) is 1. The van der Waals surface area contributed by atoms with Crippen LogP contribution < -0.4 is 5.32 Å². The molecule has 5 heteroatoms. The van der Waals surface area contributed by atoms with Crippen LogP contribution in [-0.4, -0.2) is 12.6 Å². The van der Waals surface area contributed by atoms with E-state index in [1.807, 2.05) is 0 Å². The van der Waals surface area contributed by atoms with Crippen LogP contribution in [0.25, 0.3) is 0 Å². The molecule has 0 spiro atoms. The summed E-state index contributed by atoms with van der Waals surface area (Å²) in [6, 6.07) is 0.347. The predicted molar refractivity (Wildman–Crippen MR) is 41.8 cm³/mol. The van der Waals surface area contributed by atoms with Gasteiger partial charge >= 0.3 is 0 Å². The smallest absolute Gasteiger partial charge is 0.194 e. The van der Waals surface area contributed by atoms with Crippen LogP contribution in [0.1, 0.15) is 5.56 Å². The number of nitrogens with one attached hydrogen (secondary N) is 1. The summed E-state index contributed by atoms with van der Waals surface area (Å²) in [6.45, 7) is 0.651. The van der Waals surface area contributed by atoms with Gasteiger partial charge in [-0.15, -0.1) is 0 Å². The Morgan fingerprint density at radius 3 is 2.36 bits per heavy atom. The third-order valence-electron chi connectivity index (χ3n) is 2.15. The van der Waals surface area contributed by atoms with Crippen LogP contribution in [-0.2, 0) is 6.42 Å². The molecule has 1 fully saturated rings. The molecule has 1 N–H and O–H groups in total. The molecule has 0 radical (unpaired) electrons. The highest BCUT2D eigenvalue weighted by atomic mass is 19.2. The molecule has 1 atom stereocenters. The van der Waals surface area contributed by atoms with Gasteiger partial charge in [-0.2, -0.15) is 0 Å². The fraction of sp³-hybridized carbons (Fsp3) is 0.333. The number of rotatable bonds is 2. The van der Waals surface area contributed by atoms with Crippen molar-refractivity contribution in [2.24, 2.45) is 0 Å². The van der Waals surface area contributed by atoms with Gasteiger partial charge in [-0.3, -0.25) is 0 Å². The summed E-state index contributed by atoms with van der Waals surface area (Å²) in [5.74, 6) is -5.55. The van der Waals surface area contributed by atoms with Gasteiger partial charge in [0.15, 0.2) is 17.5 Å². The molecule has 0 amide bonds. The Morgan fingerprint density at radius 1 is 1.14 bits per heavy atom. The molecule has 76 valence electrons. The minimum absolute atomic E-state index is 0.0242. The van der Waals surface area contributed by atoms with Gasteiger partial charge in [0.25, 0.3) is 0 Å². The minimum atomic E-state index is -1.61. The van der Waals surface area contributed by atoms with E-state index >= 15 is 0 Å². The Labute approximate surface area is 77.7 Å². The van der Waals surface area contributed by atoms with Gasteiger partial charge in [0.1, 0.15) is 5.82 Å². The molecule has 1 aliphatic rings. The Morgan fingerprint density at radius 2 is 1.79 bits per heavy atom. The highest BCUT2D eigenvalue weighted by molar-refractivity contribution is 5.24. The second-order valence-corrected chi connectivity index (χ2v) is 3.26. The van der Waals surface area contributed by atoms with Crippen LogP contribution in [0.3, 0.4) is 0 Å². The van der Waals surface area contributed by atoms with Crippen LogP contribution >= 0.6 is 0 Å². The van der Waals surface area contributed by atoms with E-state index in [9.17, 15) is 17.6 Å². The Bertz CT molecular complexity index is 374. The van der Waals surface area contributed by atoms with E-state index in [1.165, 1.54) is 0 Å². The molecule has 0 bridgehead atoms. The zero-order valence-corrected chi connectivity index (χ0v) is 7.08. The van der Waals surface area contributed by atoms with E-state index < -0.39 is 23.3 Å². The molecule has 1 nitrogen and oxygen atoms in total. The van der Waals surface area contributed by atoms with Crippen molar-refractivity contribution in [3.05, 3.63) is 34.9 Å². The third kappa shape index (κ3) is 1.59. The molecule has 0 saturated carbocycles. The summed E-state index contributed by atoms with van der Waals surface area (Å²) in [4.78, 5) is 0. The monoisotopic (exact) mass is 205 g/mol. The molecular formula is C9H7F4N. The molecule has 1 saturated heterocycles. The van der Waals surface area contributed by atoms with E-state index in [4.69, 9.17) is 0 Å². The Kier molecular flexibility index (Phi) is 2.19. The van der Waals surface area contributed by atoms with Crippen molar-refractivity contribution in [1.82, 2.24) is 5.32 Å². The van der Waals surface area contributed by atoms with Crippen LogP contribution in [0.4, 0.5) is 17.6 Å². The average molecular weight is 205 g/mol. The Balaban J connectivity index is 2.40. The summed E-state index contributed by atoms with van der Waals surface area (Å²) in [5.41, 5.74) is -0.390. The number of halogens is 4. The van der Waals surface area contributed by atoms with Gasteiger partial charge in [-0.1, -0.05) is 0 Å². The topological polar surface area (TPSA) is 21.9 Å². The molecule has 0 unspecified atom stereocenters. The zero-order chi connectivity index (χ0) is 10.3. The highest BCUT2D eigenvalue weighted by Crippen LogP contribution is 2.21. The molecule has 1 aliphatic heterocycles. The van der Waals surface area contributed by atoms with Crippen molar-refractivity contribution in [3.8, 4) is 0 Å². The normalized spacial score (nSPS) is 19.9. The van der Waals surface area contributed by atoms with Crippen molar-refractivity contribution in [1.29, 1.82) is 0 Å². The van der Waals surface area contributed by atoms with Gasteiger partial charge in [0.2, 0.25) is 0 Å². The van der Waals surface area contributed by atoms with Crippen molar-refractivity contribution in [3.63, 3.8) is 0 Å². The Hall–Kier alpha value is -1.10. The number of hydrogen-bond acceptors (Lipinski definition) is 1. The quantitative estimate of drug-likeness (QED) is 0.338. The van der Waals surface area contributed by atoms with Crippen LogP contribution in [0.5, 0.6) is 0 Å². The molecule has 14 heavy (non-hydrogen) atoms. The predicted octanol–water partition coefficient (Wildman–Crippen LogP) is 1.76. The van der Waals surface area contributed by atoms with Crippen molar-refractivity contribution < 1.29 is 17.6 Å². The lowest BCUT2D eigenvalue weighted by atomic mass is 10.1. The van der Waals surface area contributed by atoms with Gasteiger partial charge in [-0.25, -0.2) is 17.6 Å². The third-order valence-corrected chi connectivity index (χ3v) is 2.15. The number of benzene rings is 1. The fourth-order valence-electron chi connectivity index (χ4n) is 1.27. The van der Waals surface area contributed by atoms with Gasteiger partial charge in [0.05, 0.1) is 0 Å². The largest absolute Gasteiger partial charge is 0.311 e. The van der Waals surface area contributed by atoms with E-state index in [0.717, 1.165) is 0 Å². The van der Waals surface area contributed by atoms with Gasteiger partial charge in [0, 0.05) is 24.2 Å². The molecule has 2 rings (SSSR count). The summed E-state index contributed by atoms with van der Waals surface area (Å²) >= 11 is 0.